The van der Waals surface area contributed by atoms with E-state index in [1.807, 2.05) is 0 Å². The molecule has 1 nitrogen and oxygen atoms in total. The molecular formula is C11H21N. The van der Waals surface area contributed by atoms with Gasteiger partial charge in [-0.15, -0.1) is 0 Å². The summed E-state index contributed by atoms with van der Waals surface area (Å²) in [5, 5.41) is 3.58. The molecule has 2 aliphatic rings. The van der Waals surface area contributed by atoms with E-state index in [1.165, 1.54) is 32.1 Å². The molecule has 2 atom stereocenters. The van der Waals surface area contributed by atoms with Gasteiger partial charge in [-0.1, -0.05) is 13.8 Å². The molecule has 0 aromatic heterocycles. The molecule has 0 amide bonds. The van der Waals surface area contributed by atoms with Crippen molar-refractivity contribution in [3.05, 3.63) is 0 Å². The lowest BCUT2D eigenvalue weighted by molar-refractivity contribution is 0.274. The molecule has 1 heteroatoms. The summed E-state index contributed by atoms with van der Waals surface area (Å²) in [4.78, 5) is 0. The van der Waals surface area contributed by atoms with Gasteiger partial charge in [0, 0.05) is 6.04 Å². The van der Waals surface area contributed by atoms with Crippen molar-refractivity contribution in [2.75, 3.05) is 6.54 Å². The second-order valence-corrected chi connectivity index (χ2v) is 4.93. The zero-order valence-electron chi connectivity index (χ0n) is 8.40. The van der Waals surface area contributed by atoms with Crippen LogP contribution in [0.4, 0.5) is 0 Å². The molecule has 70 valence electrons. The maximum atomic E-state index is 3.58. The van der Waals surface area contributed by atoms with Crippen molar-refractivity contribution in [3.63, 3.8) is 0 Å². The lowest BCUT2D eigenvalue weighted by Crippen LogP contribution is -2.27. The Kier molecular flexibility index (Phi) is 2.16. The van der Waals surface area contributed by atoms with E-state index in [2.05, 4.69) is 19.2 Å². The van der Waals surface area contributed by atoms with Crippen molar-refractivity contribution in [3.8, 4) is 0 Å². The second-order valence-electron chi connectivity index (χ2n) is 4.93. The third kappa shape index (κ3) is 1.52. The molecule has 2 fully saturated rings. The fourth-order valence-electron chi connectivity index (χ4n) is 2.88. The summed E-state index contributed by atoms with van der Waals surface area (Å²) in [5.41, 5.74) is 0.715. The van der Waals surface area contributed by atoms with Gasteiger partial charge in [-0.25, -0.2) is 0 Å². The molecule has 2 saturated carbocycles. The van der Waals surface area contributed by atoms with Gasteiger partial charge in [-0.3, -0.25) is 0 Å². The smallest absolute Gasteiger partial charge is 0.00724 e. The van der Waals surface area contributed by atoms with Gasteiger partial charge in [0.1, 0.15) is 0 Å². The van der Waals surface area contributed by atoms with E-state index >= 15 is 0 Å². The first-order valence-electron chi connectivity index (χ1n) is 5.48. The van der Waals surface area contributed by atoms with Crippen LogP contribution < -0.4 is 5.32 Å². The number of rotatable bonds is 3. The quantitative estimate of drug-likeness (QED) is 0.681. The van der Waals surface area contributed by atoms with Gasteiger partial charge in [0.15, 0.2) is 0 Å². The zero-order valence-corrected chi connectivity index (χ0v) is 8.40. The largest absolute Gasteiger partial charge is 0.314 e. The Hall–Kier alpha value is -0.0400. The molecule has 0 saturated heterocycles. The fraction of sp³-hybridized carbons (Fsp3) is 1.00. The fourth-order valence-corrected chi connectivity index (χ4v) is 2.88. The molecule has 1 N–H and O–H groups in total. The van der Waals surface area contributed by atoms with Crippen molar-refractivity contribution in [2.45, 2.75) is 52.0 Å². The summed E-state index contributed by atoms with van der Waals surface area (Å²) in [6.07, 6.45) is 7.34. The number of hydrogen-bond donors (Lipinski definition) is 1. The van der Waals surface area contributed by atoms with Gasteiger partial charge in [-0.05, 0) is 50.0 Å². The predicted molar refractivity (Wildman–Crippen MR) is 52.1 cm³/mol. The summed E-state index contributed by atoms with van der Waals surface area (Å²) < 4.78 is 0. The van der Waals surface area contributed by atoms with Crippen molar-refractivity contribution in [1.82, 2.24) is 5.32 Å². The summed E-state index contributed by atoms with van der Waals surface area (Å²) in [6, 6.07) is 0.834. The minimum Gasteiger partial charge on any atom is -0.314 e. The molecule has 0 aromatic carbocycles. The Labute approximate surface area is 75.9 Å². The predicted octanol–water partition coefficient (Wildman–Crippen LogP) is 2.56. The van der Waals surface area contributed by atoms with Crippen LogP contribution in [0.5, 0.6) is 0 Å². The summed E-state index contributed by atoms with van der Waals surface area (Å²) in [5.74, 6) is 1.08. The van der Waals surface area contributed by atoms with Gasteiger partial charge in [0.2, 0.25) is 0 Å². The highest BCUT2D eigenvalue weighted by molar-refractivity contribution is 4.98. The van der Waals surface area contributed by atoms with Crippen molar-refractivity contribution < 1.29 is 0 Å². The highest BCUT2D eigenvalue weighted by atomic mass is 14.9. The van der Waals surface area contributed by atoms with E-state index in [-0.39, 0.29) is 0 Å². The average molecular weight is 167 g/mol. The standard InChI is InChI=1S/C11H21N/c1-3-12-10-6-7-11(2,8-10)9-4-5-9/h9-10,12H,3-8H2,1-2H3. The van der Waals surface area contributed by atoms with Gasteiger partial charge in [0.25, 0.3) is 0 Å². The van der Waals surface area contributed by atoms with E-state index in [9.17, 15) is 0 Å². The molecule has 0 bridgehead atoms. The molecular weight excluding hydrogens is 146 g/mol. The highest BCUT2D eigenvalue weighted by Crippen LogP contribution is 2.54. The monoisotopic (exact) mass is 167 g/mol. The van der Waals surface area contributed by atoms with Crippen molar-refractivity contribution >= 4 is 0 Å². The molecule has 0 radical (unpaired) electrons. The van der Waals surface area contributed by atoms with Crippen LogP contribution in [0.25, 0.3) is 0 Å². The molecule has 12 heavy (non-hydrogen) atoms. The Bertz CT molecular complexity index is 162. The average Bonchev–Trinajstić information content (AvgIpc) is 2.80. The number of hydrogen-bond acceptors (Lipinski definition) is 1. The maximum absolute atomic E-state index is 3.58. The van der Waals surface area contributed by atoms with Gasteiger partial charge < -0.3 is 5.32 Å². The van der Waals surface area contributed by atoms with Gasteiger partial charge in [0.05, 0.1) is 0 Å². The molecule has 0 aliphatic heterocycles. The minimum atomic E-state index is 0.715. The van der Waals surface area contributed by atoms with Crippen LogP contribution in [-0.2, 0) is 0 Å². The number of nitrogens with one attached hydrogen (secondary N) is 1. The lowest BCUT2D eigenvalue weighted by atomic mass is 9.83. The van der Waals surface area contributed by atoms with Crippen LogP contribution in [0.1, 0.15) is 46.0 Å². The molecule has 2 aliphatic carbocycles. The van der Waals surface area contributed by atoms with Crippen LogP contribution in [0, 0.1) is 11.3 Å². The minimum absolute atomic E-state index is 0.715. The second kappa shape index (κ2) is 3.02. The Morgan fingerprint density at radius 2 is 2.08 bits per heavy atom. The SMILES string of the molecule is CCNC1CCC(C)(C2CC2)C1. The first kappa shape index (κ1) is 8.55. The molecule has 0 aromatic rings. The van der Waals surface area contributed by atoms with E-state index in [0.29, 0.717) is 5.41 Å². The molecule has 2 rings (SSSR count). The van der Waals surface area contributed by atoms with Crippen LogP contribution >= 0.6 is 0 Å². The Balaban J connectivity index is 1.87. The Morgan fingerprint density at radius 3 is 2.67 bits per heavy atom. The summed E-state index contributed by atoms with van der Waals surface area (Å²) in [6.45, 7) is 5.86. The summed E-state index contributed by atoms with van der Waals surface area (Å²) >= 11 is 0. The van der Waals surface area contributed by atoms with Crippen molar-refractivity contribution in [1.29, 1.82) is 0 Å². The van der Waals surface area contributed by atoms with E-state index in [0.717, 1.165) is 18.5 Å². The Morgan fingerprint density at radius 1 is 1.33 bits per heavy atom. The van der Waals surface area contributed by atoms with Crippen LogP contribution in [0.15, 0.2) is 0 Å². The zero-order chi connectivity index (χ0) is 8.60. The van der Waals surface area contributed by atoms with Crippen LogP contribution in [-0.4, -0.2) is 12.6 Å². The summed E-state index contributed by atoms with van der Waals surface area (Å²) in [7, 11) is 0. The third-order valence-electron chi connectivity index (χ3n) is 3.83. The highest BCUT2D eigenvalue weighted by Gasteiger charge is 2.45. The van der Waals surface area contributed by atoms with Crippen LogP contribution in [0.3, 0.4) is 0 Å². The molecule has 0 heterocycles. The van der Waals surface area contributed by atoms with Gasteiger partial charge >= 0.3 is 0 Å². The van der Waals surface area contributed by atoms with E-state index < -0.39 is 0 Å². The molecule has 0 spiro atoms. The lowest BCUT2D eigenvalue weighted by Gasteiger charge is -2.23. The normalized spacial score (nSPS) is 42.0. The maximum Gasteiger partial charge on any atom is 0.00724 e. The van der Waals surface area contributed by atoms with Crippen LogP contribution in [0.2, 0.25) is 0 Å². The van der Waals surface area contributed by atoms with E-state index in [4.69, 9.17) is 0 Å². The van der Waals surface area contributed by atoms with Gasteiger partial charge in [-0.2, -0.15) is 0 Å². The first-order chi connectivity index (χ1) is 5.74. The third-order valence-corrected chi connectivity index (χ3v) is 3.83. The topological polar surface area (TPSA) is 12.0 Å². The molecule has 2 unspecified atom stereocenters. The first-order valence-corrected chi connectivity index (χ1v) is 5.48. The van der Waals surface area contributed by atoms with E-state index in [1.54, 1.807) is 0 Å². The van der Waals surface area contributed by atoms with Crippen molar-refractivity contribution in [2.24, 2.45) is 11.3 Å².